The van der Waals surface area contributed by atoms with E-state index in [1.54, 1.807) is 0 Å². The van der Waals surface area contributed by atoms with Crippen LogP contribution >= 0.6 is 31.9 Å². The van der Waals surface area contributed by atoms with Crippen molar-refractivity contribution >= 4 is 38.1 Å². The first-order valence-electron chi connectivity index (χ1n) is 3.89. The SMILES string of the molecule is Cc1ccc(C)c(C(Br)(Br)C=O)c1. The molecule has 1 aromatic rings. The van der Waals surface area contributed by atoms with Crippen molar-refractivity contribution < 1.29 is 4.79 Å². The molecule has 0 saturated carbocycles. The van der Waals surface area contributed by atoms with E-state index in [9.17, 15) is 4.79 Å². The van der Waals surface area contributed by atoms with Crippen LogP contribution < -0.4 is 0 Å². The van der Waals surface area contributed by atoms with Crippen LogP contribution in [0.1, 0.15) is 16.7 Å². The van der Waals surface area contributed by atoms with Crippen molar-refractivity contribution in [3.8, 4) is 0 Å². The van der Waals surface area contributed by atoms with E-state index in [4.69, 9.17) is 0 Å². The number of benzene rings is 1. The van der Waals surface area contributed by atoms with Crippen LogP contribution in [0, 0.1) is 13.8 Å². The average molecular weight is 306 g/mol. The van der Waals surface area contributed by atoms with Crippen LogP contribution in [0.15, 0.2) is 18.2 Å². The molecule has 1 nitrogen and oxygen atoms in total. The zero-order chi connectivity index (χ0) is 10.1. The predicted octanol–water partition coefficient (Wildman–Crippen LogP) is 3.44. The number of alkyl halides is 2. The molecule has 0 unspecified atom stereocenters. The van der Waals surface area contributed by atoms with E-state index in [0.717, 1.165) is 23.0 Å². The monoisotopic (exact) mass is 304 g/mol. The zero-order valence-electron chi connectivity index (χ0n) is 7.47. The van der Waals surface area contributed by atoms with Crippen molar-refractivity contribution in [1.29, 1.82) is 0 Å². The summed E-state index contributed by atoms with van der Waals surface area (Å²) in [6.45, 7) is 3.99. The highest BCUT2D eigenvalue weighted by molar-refractivity contribution is 9.25. The molecule has 0 spiro atoms. The molecule has 0 N–H and O–H groups in total. The summed E-state index contributed by atoms with van der Waals surface area (Å²) in [5, 5.41) is 0. The van der Waals surface area contributed by atoms with E-state index < -0.39 is 3.23 Å². The summed E-state index contributed by atoms with van der Waals surface area (Å²) in [4.78, 5) is 10.8. The Morgan fingerprint density at radius 3 is 2.46 bits per heavy atom. The number of rotatable bonds is 2. The Hall–Kier alpha value is -0.150. The highest BCUT2D eigenvalue weighted by Crippen LogP contribution is 2.37. The van der Waals surface area contributed by atoms with E-state index in [0.29, 0.717) is 0 Å². The molecule has 70 valence electrons. The minimum atomic E-state index is -0.740. The smallest absolute Gasteiger partial charge is 0.160 e. The van der Waals surface area contributed by atoms with Gasteiger partial charge in [-0.15, -0.1) is 0 Å². The Bertz CT molecular complexity index is 332. The van der Waals surface area contributed by atoms with Gasteiger partial charge in [0, 0.05) is 0 Å². The van der Waals surface area contributed by atoms with Gasteiger partial charge in [0.1, 0.15) is 0 Å². The summed E-state index contributed by atoms with van der Waals surface area (Å²) in [6.07, 6.45) is 0.842. The minimum Gasteiger partial charge on any atom is -0.300 e. The molecular formula is C10H10Br2O. The second-order valence-electron chi connectivity index (χ2n) is 3.06. The van der Waals surface area contributed by atoms with E-state index in [2.05, 4.69) is 31.9 Å². The molecule has 1 rings (SSSR count). The lowest BCUT2D eigenvalue weighted by Gasteiger charge is -2.16. The van der Waals surface area contributed by atoms with Gasteiger partial charge < -0.3 is 4.79 Å². The van der Waals surface area contributed by atoms with Crippen LogP contribution in [0.3, 0.4) is 0 Å². The maximum absolute atomic E-state index is 10.8. The maximum atomic E-state index is 10.8. The fourth-order valence-electron chi connectivity index (χ4n) is 1.16. The molecule has 13 heavy (non-hydrogen) atoms. The summed E-state index contributed by atoms with van der Waals surface area (Å²) in [7, 11) is 0. The van der Waals surface area contributed by atoms with Crippen molar-refractivity contribution in [3.63, 3.8) is 0 Å². The summed E-state index contributed by atoms with van der Waals surface area (Å²) >= 11 is 6.65. The Morgan fingerprint density at radius 2 is 1.92 bits per heavy atom. The molecule has 3 heteroatoms. The number of aldehydes is 1. The summed E-state index contributed by atoms with van der Waals surface area (Å²) in [5.74, 6) is 0. The highest BCUT2D eigenvalue weighted by Gasteiger charge is 2.26. The first-order chi connectivity index (χ1) is 5.97. The molecule has 0 aliphatic heterocycles. The third-order valence-electron chi connectivity index (χ3n) is 1.90. The van der Waals surface area contributed by atoms with Gasteiger partial charge in [0.05, 0.1) is 0 Å². The minimum absolute atomic E-state index is 0.740. The molecule has 0 heterocycles. The molecule has 0 radical (unpaired) electrons. The van der Waals surface area contributed by atoms with Gasteiger partial charge in [-0.2, -0.15) is 0 Å². The van der Waals surface area contributed by atoms with E-state index >= 15 is 0 Å². The van der Waals surface area contributed by atoms with Crippen molar-refractivity contribution in [2.75, 3.05) is 0 Å². The van der Waals surface area contributed by atoms with Gasteiger partial charge in [0.15, 0.2) is 9.52 Å². The maximum Gasteiger partial charge on any atom is 0.160 e. The third-order valence-corrected chi connectivity index (χ3v) is 3.13. The van der Waals surface area contributed by atoms with Crippen LogP contribution in [-0.4, -0.2) is 6.29 Å². The van der Waals surface area contributed by atoms with Crippen molar-refractivity contribution in [2.24, 2.45) is 0 Å². The quantitative estimate of drug-likeness (QED) is 0.604. The molecule has 1 aromatic carbocycles. The summed E-state index contributed by atoms with van der Waals surface area (Å²) in [5.41, 5.74) is 3.19. The Balaban J connectivity index is 3.28. The molecule has 0 saturated heterocycles. The lowest BCUT2D eigenvalue weighted by Crippen LogP contribution is -2.12. The molecule has 0 aromatic heterocycles. The van der Waals surface area contributed by atoms with Gasteiger partial charge in [-0.25, -0.2) is 0 Å². The van der Waals surface area contributed by atoms with Gasteiger partial charge in [-0.05, 0) is 25.0 Å². The van der Waals surface area contributed by atoms with Crippen LogP contribution in [0.4, 0.5) is 0 Å². The third kappa shape index (κ3) is 2.41. The second-order valence-corrected chi connectivity index (χ2v) is 6.63. The molecule has 0 fully saturated rings. The van der Waals surface area contributed by atoms with Crippen molar-refractivity contribution in [1.82, 2.24) is 0 Å². The van der Waals surface area contributed by atoms with E-state index in [1.165, 1.54) is 0 Å². The Morgan fingerprint density at radius 1 is 1.31 bits per heavy atom. The molecular weight excluding hydrogens is 296 g/mol. The lowest BCUT2D eigenvalue weighted by molar-refractivity contribution is -0.107. The summed E-state index contributed by atoms with van der Waals surface area (Å²) in [6, 6.07) is 6.03. The van der Waals surface area contributed by atoms with Crippen molar-refractivity contribution in [3.05, 3.63) is 34.9 Å². The average Bonchev–Trinajstić information content (AvgIpc) is 2.09. The van der Waals surface area contributed by atoms with Crippen LogP contribution in [0.5, 0.6) is 0 Å². The van der Waals surface area contributed by atoms with Crippen LogP contribution in [0.2, 0.25) is 0 Å². The molecule has 0 aliphatic rings. The van der Waals surface area contributed by atoms with E-state index in [-0.39, 0.29) is 0 Å². The molecule has 0 aliphatic carbocycles. The normalized spacial score (nSPS) is 11.4. The lowest BCUT2D eigenvalue weighted by atomic mass is 10.0. The number of hydrogen-bond acceptors (Lipinski definition) is 1. The fraction of sp³-hybridized carbons (Fsp3) is 0.300. The Labute approximate surface area is 94.8 Å². The molecule has 0 amide bonds. The second kappa shape index (κ2) is 3.93. The standard InChI is InChI=1S/C10H10Br2O/c1-7-3-4-8(2)9(5-7)10(11,12)6-13/h3-6H,1-2H3. The summed E-state index contributed by atoms with van der Waals surface area (Å²) < 4.78 is -0.740. The number of aryl methyl sites for hydroxylation is 2. The first kappa shape index (κ1) is 10.9. The number of carbonyl (C=O) groups is 1. The molecule has 0 bridgehead atoms. The fourth-order valence-corrected chi connectivity index (χ4v) is 2.01. The van der Waals surface area contributed by atoms with Gasteiger partial charge in [0.2, 0.25) is 0 Å². The first-order valence-corrected chi connectivity index (χ1v) is 5.48. The zero-order valence-corrected chi connectivity index (χ0v) is 10.6. The topological polar surface area (TPSA) is 17.1 Å². The van der Waals surface area contributed by atoms with Gasteiger partial charge in [-0.3, -0.25) is 0 Å². The van der Waals surface area contributed by atoms with Crippen molar-refractivity contribution in [2.45, 2.75) is 17.1 Å². The van der Waals surface area contributed by atoms with Gasteiger partial charge in [-0.1, -0.05) is 55.6 Å². The van der Waals surface area contributed by atoms with Crippen LogP contribution in [-0.2, 0) is 8.03 Å². The number of hydrogen-bond donors (Lipinski definition) is 0. The van der Waals surface area contributed by atoms with Gasteiger partial charge in [0.25, 0.3) is 0 Å². The van der Waals surface area contributed by atoms with E-state index in [1.807, 2.05) is 32.0 Å². The van der Waals surface area contributed by atoms with Gasteiger partial charge >= 0.3 is 0 Å². The largest absolute Gasteiger partial charge is 0.300 e. The Kier molecular flexibility index (Phi) is 3.30. The van der Waals surface area contributed by atoms with Crippen LogP contribution in [0.25, 0.3) is 0 Å². The number of halogens is 2. The number of carbonyl (C=O) groups excluding carboxylic acids is 1. The predicted molar refractivity (Wildman–Crippen MR) is 61.5 cm³/mol. The molecule has 0 atom stereocenters. The highest BCUT2D eigenvalue weighted by atomic mass is 79.9.